The van der Waals surface area contributed by atoms with E-state index in [4.69, 9.17) is 16.9 Å². The van der Waals surface area contributed by atoms with Crippen LogP contribution in [0.1, 0.15) is 11.1 Å². The number of benzene rings is 1. The average Bonchev–Trinajstić information content (AvgIpc) is 2.57. The van der Waals surface area contributed by atoms with Gasteiger partial charge in [-0.05, 0) is 28.8 Å². The predicted octanol–water partition coefficient (Wildman–Crippen LogP) is 3.93. The predicted molar refractivity (Wildman–Crippen MR) is 60.9 cm³/mol. The standard InChI is InChI=1S/C11H8ClNS/c1-7-2-3-9-8(4-5-13)6-14-11(9)10(7)12/h2-3,6H,4H2,1H3. The van der Waals surface area contributed by atoms with E-state index in [0.717, 1.165) is 26.2 Å². The van der Waals surface area contributed by atoms with Gasteiger partial charge in [0.15, 0.2) is 0 Å². The molecule has 0 bridgehead atoms. The maximum Gasteiger partial charge on any atom is 0.0670 e. The molecule has 0 fully saturated rings. The molecule has 70 valence electrons. The maximum atomic E-state index is 8.64. The third-order valence-electron chi connectivity index (χ3n) is 2.22. The zero-order valence-electron chi connectivity index (χ0n) is 7.67. The molecular weight excluding hydrogens is 214 g/mol. The van der Waals surface area contributed by atoms with E-state index in [-0.39, 0.29) is 0 Å². The molecule has 1 aromatic carbocycles. The lowest BCUT2D eigenvalue weighted by molar-refractivity contribution is 1.30. The first-order valence-electron chi connectivity index (χ1n) is 4.26. The van der Waals surface area contributed by atoms with Crippen molar-refractivity contribution in [1.29, 1.82) is 5.26 Å². The lowest BCUT2D eigenvalue weighted by atomic mass is 10.1. The Kier molecular flexibility index (Phi) is 2.45. The molecule has 0 aliphatic carbocycles. The van der Waals surface area contributed by atoms with E-state index in [1.54, 1.807) is 11.3 Å². The summed E-state index contributed by atoms with van der Waals surface area (Å²) >= 11 is 7.78. The smallest absolute Gasteiger partial charge is 0.0670 e. The first-order chi connectivity index (χ1) is 6.74. The molecule has 0 spiro atoms. The average molecular weight is 222 g/mol. The Morgan fingerprint density at radius 3 is 3.00 bits per heavy atom. The molecule has 3 heteroatoms. The van der Waals surface area contributed by atoms with Crippen LogP contribution in [0.15, 0.2) is 17.5 Å². The van der Waals surface area contributed by atoms with Crippen molar-refractivity contribution in [2.24, 2.45) is 0 Å². The Balaban J connectivity index is 2.72. The number of rotatable bonds is 1. The highest BCUT2D eigenvalue weighted by Gasteiger charge is 2.08. The quantitative estimate of drug-likeness (QED) is 0.716. The van der Waals surface area contributed by atoms with Crippen LogP contribution in [-0.2, 0) is 6.42 Å². The minimum atomic E-state index is 0.458. The molecule has 0 N–H and O–H groups in total. The second-order valence-corrected chi connectivity index (χ2v) is 4.43. The fraction of sp³-hybridized carbons (Fsp3) is 0.182. The van der Waals surface area contributed by atoms with Crippen molar-refractivity contribution < 1.29 is 0 Å². The molecule has 1 nitrogen and oxygen atoms in total. The summed E-state index contributed by atoms with van der Waals surface area (Å²) in [4.78, 5) is 0. The molecule has 0 aliphatic rings. The molecule has 0 radical (unpaired) electrons. The van der Waals surface area contributed by atoms with Gasteiger partial charge in [-0.25, -0.2) is 0 Å². The van der Waals surface area contributed by atoms with Crippen molar-refractivity contribution in [1.82, 2.24) is 0 Å². The van der Waals surface area contributed by atoms with Crippen LogP contribution in [0.2, 0.25) is 5.02 Å². The molecule has 14 heavy (non-hydrogen) atoms. The van der Waals surface area contributed by atoms with Gasteiger partial charge in [0.2, 0.25) is 0 Å². The van der Waals surface area contributed by atoms with Gasteiger partial charge in [0.25, 0.3) is 0 Å². The van der Waals surface area contributed by atoms with Gasteiger partial charge >= 0.3 is 0 Å². The third-order valence-corrected chi connectivity index (χ3v) is 3.89. The number of aryl methyl sites for hydroxylation is 1. The molecule has 2 rings (SSSR count). The lowest BCUT2D eigenvalue weighted by Crippen LogP contribution is -1.79. The summed E-state index contributed by atoms with van der Waals surface area (Å²) in [7, 11) is 0. The van der Waals surface area contributed by atoms with E-state index < -0.39 is 0 Å². The van der Waals surface area contributed by atoms with Gasteiger partial charge in [0.05, 0.1) is 22.2 Å². The van der Waals surface area contributed by atoms with Crippen molar-refractivity contribution in [2.45, 2.75) is 13.3 Å². The number of nitriles is 1. The van der Waals surface area contributed by atoms with E-state index in [2.05, 4.69) is 6.07 Å². The first-order valence-corrected chi connectivity index (χ1v) is 5.52. The number of nitrogens with zero attached hydrogens (tertiary/aromatic N) is 1. The Labute approximate surface area is 91.5 Å². The SMILES string of the molecule is Cc1ccc2c(CC#N)csc2c1Cl. The number of fused-ring (bicyclic) bond motifs is 1. The van der Waals surface area contributed by atoms with Gasteiger partial charge in [0, 0.05) is 0 Å². The summed E-state index contributed by atoms with van der Waals surface area (Å²) in [5.74, 6) is 0. The van der Waals surface area contributed by atoms with Crippen LogP contribution in [-0.4, -0.2) is 0 Å². The zero-order valence-corrected chi connectivity index (χ0v) is 9.25. The fourth-order valence-corrected chi connectivity index (χ4v) is 2.80. The van der Waals surface area contributed by atoms with Crippen LogP contribution >= 0.6 is 22.9 Å². The van der Waals surface area contributed by atoms with Gasteiger partial charge in [-0.2, -0.15) is 5.26 Å². The van der Waals surface area contributed by atoms with Gasteiger partial charge < -0.3 is 0 Å². The van der Waals surface area contributed by atoms with Crippen LogP contribution in [0.25, 0.3) is 10.1 Å². The first kappa shape index (κ1) is 9.51. The summed E-state index contributed by atoms with van der Waals surface area (Å²) in [6, 6.07) is 6.20. The van der Waals surface area contributed by atoms with E-state index >= 15 is 0 Å². The minimum Gasteiger partial charge on any atom is -0.198 e. The highest BCUT2D eigenvalue weighted by atomic mass is 35.5. The third kappa shape index (κ3) is 1.39. The molecule has 0 saturated carbocycles. The van der Waals surface area contributed by atoms with Crippen LogP contribution in [0.3, 0.4) is 0 Å². The number of halogens is 1. The normalized spacial score (nSPS) is 10.4. The van der Waals surface area contributed by atoms with Crippen molar-refractivity contribution in [3.63, 3.8) is 0 Å². The van der Waals surface area contributed by atoms with Gasteiger partial charge in [0.1, 0.15) is 0 Å². The monoisotopic (exact) mass is 221 g/mol. The Morgan fingerprint density at radius 2 is 2.29 bits per heavy atom. The molecule has 0 aliphatic heterocycles. The summed E-state index contributed by atoms with van der Waals surface area (Å²) in [6.07, 6.45) is 0.458. The molecule has 2 aromatic rings. The van der Waals surface area contributed by atoms with Gasteiger partial charge in [-0.15, -0.1) is 11.3 Å². The van der Waals surface area contributed by atoms with Crippen LogP contribution in [0.4, 0.5) is 0 Å². The molecule has 1 aromatic heterocycles. The minimum absolute atomic E-state index is 0.458. The summed E-state index contributed by atoms with van der Waals surface area (Å²) in [6.45, 7) is 1.99. The highest BCUT2D eigenvalue weighted by Crippen LogP contribution is 2.34. The Hall–Kier alpha value is -1.04. The van der Waals surface area contributed by atoms with Gasteiger partial charge in [-0.3, -0.25) is 0 Å². The number of hydrogen-bond donors (Lipinski definition) is 0. The van der Waals surface area contributed by atoms with E-state index in [0.29, 0.717) is 6.42 Å². The van der Waals surface area contributed by atoms with Crippen molar-refractivity contribution in [2.75, 3.05) is 0 Å². The topological polar surface area (TPSA) is 23.8 Å². The number of hydrogen-bond acceptors (Lipinski definition) is 2. The van der Waals surface area contributed by atoms with Gasteiger partial charge in [-0.1, -0.05) is 23.7 Å². The molecule has 0 atom stereocenters. The molecular formula is C11H8ClNS. The molecule has 0 unspecified atom stereocenters. The summed E-state index contributed by atoms with van der Waals surface area (Å²) in [5.41, 5.74) is 2.17. The zero-order chi connectivity index (χ0) is 10.1. The summed E-state index contributed by atoms with van der Waals surface area (Å²) in [5, 5.41) is 12.6. The molecule has 0 amide bonds. The second-order valence-electron chi connectivity index (χ2n) is 3.17. The van der Waals surface area contributed by atoms with E-state index in [9.17, 15) is 0 Å². The van der Waals surface area contributed by atoms with Crippen molar-refractivity contribution in [3.05, 3.63) is 33.7 Å². The summed E-state index contributed by atoms with van der Waals surface area (Å²) < 4.78 is 1.09. The lowest BCUT2D eigenvalue weighted by Gasteiger charge is -1.99. The number of thiophene rings is 1. The van der Waals surface area contributed by atoms with Crippen LogP contribution in [0, 0.1) is 18.3 Å². The second kappa shape index (κ2) is 3.61. The Morgan fingerprint density at radius 1 is 1.50 bits per heavy atom. The highest BCUT2D eigenvalue weighted by molar-refractivity contribution is 7.18. The van der Waals surface area contributed by atoms with Crippen LogP contribution in [0.5, 0.6) is 0 Å². The fourth-order valence-electron chi connectivity index (χ4n) is 1.44. The largest absolute Gasteiger partial charge is 0.198 e. The maximum absolute atomic E-state index is 8.64. The van der Waals surface area contributed by atoms with Crippen molar-refractivity contribution >= 4 is 33.0 Å². The molecule has 0 saturated heterocycles. The Bertz CT molecular complexity index is 522. The molecule has 1 heterocycles. The van der Waals surface area contributed by atoms with E-state index in [1.165, 1.54) is 0 Å². The van der Waals surface area contributed by atoms with Crippen molar-refractivity contribution in [3.8, 4) is 6.07 Å². The van der Waals surface area contributed by atoms with Crippen LogP contribution < -0.4 is 0 Å². The van der Waals surface area contributed by atoms with E-state index in [1.807, 2.05) is 24.4 Å².